The second-order valence-corrected chi connectivity index (χ2v) is 4.31. The average Bonchev–Trinajstić information content (AvgIpc) is 2.46. The molecule has 0 spiro atoms. The van der Waals surface area contributed by atoms with Crippen molar-refractivity contribution in [3.05, 3.63) is 65.2 Å². The van der Waals surface area contributed by atoms with E-state index in [1.807, 2.05) is 24.3 Å². The lowest BCUT2D eigenvalue weighted by Gasteiger charge is -2.07. The fourth-order valence-corrected chi connectivity index (χ4v) is 1.76. The summed E-state index contributed by atoms with van der Waals surface area (Å²) in [5, 5.41) is 0. The van der Waals surface area contributed by atoms with E-state index in [2.05, 4.69) is 31.2 Å². The van der Waals surface area contributed by atoms with Crippen LogP contribution in [0.15, 0.2) is 48.5 Å². The molecule has 0 aliphatic rings. The number of benzene rings is 2. The van der Waals surface area contributed by atoms with Gasteiger partial charge >= 0.3 is 0 Å². The van der Waals surface area contributed by atoms with Gasteiger partial charge in [0.2, 0.25) is 0 Å². The molecule has 94 valence electrons. The third kappa shape index (κ3) is 3.34. The van der Waals surface area contributed by atoms with E-state index in [0.717, 1.165) is 17.7 Å². The zero-order valence-corrected chi connectivity index (χ0v) is 10.7. The van der Waals surface area contributed by atoms with Gasteiger partial charge in [-0.2, -0.15) is 0 Å². The van der Waals surface area contributed by atoms with Crippen LogP contribution in [0.3, 0.4) is 0 Å². The second-order valence-electron chi connectivity index (χ2n) is 4.31. The van der Waals surface area contributed by atoms with E-state index in [9.17, 15) is 0 Å². The van der Waals surface area contributed by atoms with Gasteiger partial charge < -0.3 is 10.5 Å². The summed E-state index contributed by atoms with van der Waals surface area (Å²) >= 11 is 0. The quantitative estimate of drug-likeness (QED) is 0.871. The molecule has 0 heterocycles. The van der Waals surface area contributed by atoms with Gasteiger partial charge in [0.1, 0.15) is 12.4 Å². The van der Waals surface area contributed by atoms with Crippen LogP contribution < -0.4 is 10.5 Å². The van der Waals surface area contributed by atoms with E-state index >= 15 is 0 Å². The van der Waals surface area contributed by atoms with Crippen LogP contribution in [-0.4, -0.2) is 0 Å². The number of hydrogen-bond acceptors (Lipinski definition) is 2. The molecule has 0 saturated carbocycles. The van der Waals surface area contributed by atoms with Gasteiger partial charge in [-0.25, -0.2) is 0 Å². The molecule has 2 heteroatoms. The summed E-state index contributed by atoms with van der Waals surface area (Å²) in [5.41, 5.74) is 9.21. The highest BCUT2D eigenvalue weighted by Crippen LogP contribution is 2.14. The molecule has 0 amide bonds. The summed E-state index contributed by atoms with van der Waals surface area (Å²) in [5.74, 6) is 0.881. The third-order valence-corrected chi connectivity index (χ3v) is 3.00. The van der Waals surface area contributed by atoms with Gasteiger partial charge in [-0.3, -0.25) is 0 Å². The predicted molar refractivity (Wildman–Crippen MR) is 74.5 cm³/mol. The van der Waals surface area contributed by atoms with Crippen molar-refractivity contribution >= 4 is 0 Å². The van der Waals surface area contributed by atoms with Crippen molar-refractivity contribution in [2.24, 2.45) is 5.73 Å². The molecule has 0 saturated heterocycles. The molecule has 0 aliphatic heterocycles. The molecule has 2 aromatic rings. The lowest BCUT2D eigenvalue weighted by Crippen LogP contribution is -1.98. The van der Waals surface area contributed by atoms with Gasteiger partial charge in [0.15, 0.2) is 0 Å². The number of aryl methyl sites for hydroxylation is 1. The molecule has 0 atom stereocenters. The van der Waals surface area contributed by atoms with Crippen LogP contribution >= 0.6 is 0 Å². The second kappa shape index (κ2) is 6.22. The minimum Gasteiger partial charge on any atom is -0.489 e. The Kier molecular flexibility index (Phi) is 4.37. The van der Waals surface area contributed by atoms with Gasteiger partial charge in [0.05, 0.1) is 0 Å². The summed E-state index contributed by atoms with van der Waals surface area (Å²) in [6.45, 7) is 3.33. The maximum atomic E-state index is 5.72. The molecule has 2 rings (SSSR count). The first-order valence-electron chi connectivity index (χ1n) is 6.31. The standard InChI is InChI=1S/C16H19NO/c1-2-13-3-5-15(6-4-13)12-18-16-9-7-14(11-17)8-10-16/h3-10H,2,11-12,17H2,1H3. The Bertz CT molecular complexity index is 426. The van der Waals surface area contributed by atoms with Gasteiger partial charge in [-0.05, 0) is 35.2 Å². The van der Waals surface area contributed by atoms with Crippen molar-refractivity contribution in [3.63, 3.8) is 0 Å². The highest BCUT2D eigenvalue weighted by Gasteiger charge is 1.97. The molecule has 0 radical (unpaired) electrons. The number of rotatable bonds is 5. The highest BCUT2D eigenvalue weighted by molar-refractivity contribution is 5.28. The number of nitrogens with two attached hydrogens (primary N) is 1. The first-order chi connectivity index (χ1) is 8.81. The molecule has 18 heavy (non-hydrogen) atoms. The van der Waals surface area contributed by atoms with Crippen molar-refractivity contribution in [3.8, 4) is 5.75 Å². The van der Waals surface area contributed by atoms with E-state index in [1.54, 1.807) is 0 Å². The Hall–Kier alpha value is -1.80. The maximum absolute atomic E-state index is 5.72. The fraction of sp³-hybridized carbons (Fsp3) is 0.250. The van der Waals surface area contributed by atoms with E-state index in [1.165, 1.54) is 11.1 Å². The minimum absolute atomic E-state index is 0.568. The normalized spacial score (nSPS) is 10.3. The highest BCUT2D eigenvalue weighted by atomic mass is 16.5. The molecule has 2 nitrogen and oxygen atoms in total. The summed E-state index contributed by atoms with van der Waals surface area (Å²) < 4.78 is 5.72. The lowest BCUT2D eigenvalue weighted by molar-refractivity contribution is 0.306. The molecular formula is C16H19NO. The van der Waals surface area contributed by atoms with E-state index in [4.69, 9.17) is 10.5 Å². The first-order valence-corrected chi connectivity index (χ1v) is 6.31. The first kappa shape index (κ1) is 12.7. The molecular weight excluding hydrogens is 222 g/mol. The van der Waals surface area contributed by atoms with Gasteiger partial charge in [-0.1, -0.05) is 43.3 Å². The molecule has 2 N–H and O–H groups in total. The maximum Gasteiger partial charge on any atom is 0.119 e. The topological polar surface area (TPSA) is 35.2 Å². The van der Waals surface area contributed by atoms with Crippen LogP contribution in [0.25, 0.3) is 0 Å². The van der Waals surface area contributed by atoms with Crippen LogP contribution in [0.5, 0.6) is 5.75 Å². The molecule has 0 unspecified atom stereocenters. The molecule has 2 aromatic carbocycles. The Balaban J connectivity index is 1.93. The number of ether oxygens (including phenoxy) is 1. The van der Waals surface area contributed by atoms with E-state index in [0.29, 0.717) is 13.2 Å². The van der Waals surface area contributed by atoms with Gasteiger partial charge in [0, 0.05) is 6.54 Å². The van der Waals surface area contributed by atoms with Crippen LogP contribution in [0, 0.1) is 0 Å². The minimum atomic E-state index is 0.568. The monoisotopic (exact) mass is 241 g/mol. The van der Waals surface area contributed by atoms with Crippen molar-refractivity contribution in [1.82, 2.24) is 0 Å². The zero-order valence-electron chi connectivity index (χ0n) is 10.7. The third-order valence-electron chi connectivity index (χ3n) is 3.00. The van der Waals surface area contributed by atoms with Crippen molar-refractivity contribution < 1.29 is 4.74 Å². The van der Waals surface area contributed by atoms with Gasteiger partial charge in [-0.15, -0.1) is 0 Å². The van der Waals surface area contributed by atoms with Crippen LogP contribution in [-0.2, 0) is 19.6 Å². The number of hydrogen-bond donors (Lipinski definition) is 1. The van der Waals surface area contributed by atoms with E-state index in [-0.39, 0.29) is 0 Å². The van der Waals surface area contributed by atoms with E-state index < -0.39 is 0 Å². The zero-order chi connectivity index (χ0) is 12.8. The molecule has 0 aliphatic carbocycles. The Labute approximate surface area is 108 Å². The summed E-state index contributed by atoms with van der Waals surface area (Å²) in [6.07, 6.45) is 1.07. The van der Waals surface area contributed by atoms with Crippen molar-refractivity contribution in [2.45, 2.75) is 26.5 Å². The fourth-order valence-electron chi connectivity index (χ4n) is 1.76. The van der Waals surface area contributed by atoms with Gasteiger partial charge in [0.25, 0.3) is 0 Å². The van der Waals surface area contributed by atoms with Crippen molar-refractivity contribution in [1.29, 1.82) is 0 Å². The van der Waals surface area contributed by atoms with Crippen LogP contribution in [0.4, 0.5) is 0 Å². The smallest absolute Gasteiger partial charge is 0.119 e. The molecule has 0 fully saturated rings. The van der Waals surface area contributed by atoms with Crippen LogP contribution in [0.1, 0.15) is 23.6 Å². The Morgan fingerprint density at radius 2 is 1.39 bits per heavy atom. The SMILES string of the molecule is CCc1ccc(COc2ccc(CN)cc2)cc1. The van der Waals surface area contributed by atoms with Crippen LogP contribution in [0.2, 0.25) is 0 Å². The summed E-state index contributed by atoms with van der Waals surface area (Å²) in [4.78, 5) is 0. The molecule has 0 aromatic heterocycles. The largest absolute Gasteiger partial charge is 0.489 e. The predicted octanol–water partition coefficient (Wildman–Crippen LogP) is 3.29. The molecule has 0 bridgehead atoms. The Morgan fingerprint density at radius 1 is 0.833 bits per heavy atom. The summed E-state index contributed by atoms with van der Waals surface area (Å²) in [7, 11) is 0. The van der Waals surface area contributed by atoms with Crippen molar-refractivity contribution in [2.75, 3.05) is 0 Å². The summed E-state index contributed by atoms with van der Waals surface area (Å²) in [6, 6.07) is 16.4. The Morgan fingerprint density at radius 3 is 1.94 bits per heavy atom. The average molecular weight is 241 g/mol. The lowest BCUT2D eigenvalue weighted by atomic mass is 10.1.